The predicted molar refractivity (Wildman–Crippen MR) is 74.1 cm³/mol. The zero-order chi connectivity index (χ0) is 13.0. The Labute approximate surface area is 110 Å². The summed E-state index contributed by atoms with van der Waals surface area (Å²) in [6.45, 7) is 4.42. The van der Waals surface area contributed by atoms with Gasteiger partial charge in [0.05, 0.1) is 0 Å². The molecule has 1 aromatic carbocycles. The molecular formula is C16H24FN. The van der Waals surface area contributed by atoms with Gasteiger partial charge in [-0.15, -0.1) is 0 Å². The van der Waals surface area contributed by atoms with Crippen LogP contribution in [-0.4, -0.2) is 12.1 Å². The Balaban J connectivity index is 1.84. The van der Waals surface area contributed by atoms with Crippen LogP contribution in [0.5, 0.6) is 0 Å². The fourth-order valence-corrected chi connectivity index (χ4v) is 3.09. The second kappa shape index (κ2) is 6.33. The highest BCUT2D eigenvalue weighted by Gasteiger charge is 2.22. The second-order valence-corrected chi connectivity index (χ2v) is 5.70. The fourth-order valence-electron chi connectivity index (χ4n) is 3.09. The van der Waals surface area contributed by atoms with E-state index in [0.29, 0.717) is 12.1 Å². The number of hydrogen-bond donors (Lipinski definition) is 1. The summed E-state index contributed by atoms with van der Waals surface area (Å²) in [7, 11) is 0. The van der Waals surface area contributed by atoms with Gasteiger partial charge in [0.15, 0.2) is 0 Å². The molecular weight excluding hydrogens is 225 g/mol. The minimum atomic E-state index is -0.0836. The summed E-state index contributed by atoms with van der Waals surface area (Å²) in [6.07, 6.45) is 6.21. The molecule has 1 fully saturated rings. The van der Waals surface area contributed by atoms with E-state index in [2.05, 4.69) is 19.2 Å². The summed E-state index contributed by atoms with van der Waals surface area (Å²) in [4.78, 5) is 0. The monoisotopic (exact) mass is 249 g/mol. The van der Waals surface area contributed by atoms with Crippen LogP contribution in [0.3, 0.4) is 0 Å². The molecule has 0 bridgehead atoms. The lowest BCUT2D eigenvalue weighted by Crippen LogP contribution is -2.39. The van der Waals surface area contributed by atoms with Crippen LogP contribution in [0.15, 0.2) is 24.3 Å². The van der Waals surface area contributed by atoms with Crippen molar-refractivity contribution in [2.24, 2.45) is 5.92 Å². The lowest BCUT2D eigenvalue weighted by Gasteiger charge is -2.25. The average molecular weight is 249 g/mol. The Morgan fingerprint density at radius 2 is 1.89 bits per heavy atom. The van der Waals surface area contributed by atoms with Crippen LogP contribution in [0.1, 0.15) is 45.1 Å². The van der Waals surface area contributed by atoms with E-state index in [1.807, 2.05) is 12.1 Å². The van der Waals surface area contributed by atoms with E-state index in [1.165, 1.54) is 25.7 Å². The lowest BCUT2D eigenvalue weighted by atomic mass is 9.98. The smallest absolute Gasteiger partial charge is 0.126 e. The van der Waals surface area contributed by atoms with Gasteiger partial charge in [0.25, 0.3) is 0 Å². The molecule has 1 aromatic rings. The molecule has 0 amide bonds. The number of nitrogens with one attached hydrogen (secondary N) is 1. The van der Waals surface area contributed by atoms with Crippen molar-refractivity contribution >= 4 is 0 Å². The van der Waals surface area contributed by atoms with Crippen molar-refractivity contribution < 1.29 is 4.39 Å². The second-order valence-electron chi connectivity index (χ2n) is 5.70. The van der Waals surface area contributed by atoms with Crippen LogP contribution in [-0.2, 0) is 6.42 Å². The first kappa shape index (κ1) is 13.5. The maximum absolute atomic E-state index is 13.6. The quantitative estimate of drug-likeness (QED) is 0.834. The first-order chi connectivity index (χ1) is 8.66. The summed E-state index contributed by atoms with van der Waals surface area (Å²) < 4.78 is 13.6. The Morgan fingerprint density at radius 1 is 1.22 bits per heavy atom. The highest BCUT2D eigenvalue weighted by Crippen LogP contribution is 2.27. The zero-order valence-electron chi connectivity index (χ0n) is 11.5. The third-order valence-electron chi connectivity index (χ3n) is 4.14. The van der Waals surface area contributed by atoms with Gasteiger partial charge in [-0.3, -0.25) is 0 Å². The van der Waals surface area contributed by atoms with Crippen molar-refractivity contribution in [3.05, 3.63) is 35.6 Å². The normalized spacial score (nSPS) is 19.9. The van der Waals surface area contributed by atoms with E-state index in [1.54, 1.807) is 12.1 Å². The van der Waals surface area contributed by atoms with Crippen LogP contribution in [0.25, 0.3) is 0 Å². The van der Waals surface area contributed by atoms with Crippen LogP contribution in [0.2, 0.25) is 0 Å². The molecule has 1 N–H and O–H groups in total. The topological polar surface area (TPSA) is 12.0 Å². The van der Waals surface area contributed by atoms with Crippen LogP contribution in [0.4, 0.5) is 4.39 Å². The molecule has 0 saturated heterocycles. The average Bonchev–Trinajstić information content (AvgIpc) is 2.85. The SMILES string of the molecule is CC(Cc1ccccc1F)N[C@@H](C)C1CCCC1. The number of rotatable bonds is 5. The van der Waals surface area contributed by atoms with E-state index in [9.17, 15) is 4.39 Å². The van der Waals surface area contributed by atoms with E-state index < -0.39 is 0 Å². The fraction of sp³-hybridized carbons (Fsp3) is 0.625. The Morgan fingerprint density at radius 3 is 2.56 bits per heavy atom. The summed E-state index contributed by atoms with van der Waals surface area (Å²) in [5.74, 6) is 0.729. The molecule has 2 rings (SSSR count). The molecule has 0 radical (unpaired) electrons. The summed E-state index contributed by atoms with van der Waals surface area (Å²) in [5, 5.41) is 3.63. The van der Waals surface area contributed by atoms with Crippen molar-refractivity contribution in [1.82, 2.24) is 5.32 Å². The van der Waals surface area contributed by atoms with E-state index in [-0.39, 0.29) is 5.82 Å². The molecule has 100 valence electrons. The molecule has 0 aromatic heterocycles. The van der Waals surface area contributed by atoms with Gasteiger partial charge in [-0.1, -0.05) is 31.0 Å². The van der Waals surface area contributed by atoms with Crippen molar-refractivity contribution in [2.75, 3.05) is 0 Å². The molecule has 0 heterocycles. The van der Waals surface area contributed by atoms with E-state index in [0.717, 1.165) is 17.9 Å². The van der Waals surface area contributed by atoms with Crippen molar-refractivity contribution in [3.63, 3.8) is 0 Å². The molecule has 1 aliphatic carbocycles. The highest BCUT2D eigenvalue weighted by atomic mass is 19.1. The van der Waals surface area contributed by atoms with E-state index in [4.69, 9.17) is 0 Å². The van der Waals surface area contributed by atoms with Crippen LogP contribution >= 0.6 is 0 Å². The molecule has 2 atom stereocenters. The van der Waals surface area contributed by atoms with Crippen LogP contribution in [0, 0.1) is 11.7 Å². The number of hydrogen-bond acceptors (Lipinski definition) is 1. The standard InChI is InChI=1S/C16H24FN/c1-12(11-15-9-5-6-10-16(15)17)18-13(2)14-7-3-4-8-14/h5-6,9-10,12-14,18H,3-4,7-8,11H2,1-2H3/t12?,13-/m0/s1. The first-order valence-corrected chi connectivity index (χ1v) is 7.16. The molecule has 1 saturated carbocycles. The maximum Gasteiger partial charge on any atom is 0.126 e. The van der Waals surface area contributed by atoms with Gasteiger partial charge in [0.2, 0.25) is 0 Å². The van der Waals surface area contributed by atoms with Crippen molar-refractivity contribution in [1.29, 1.82) is 0 Å². The molecule has 0 spiro atoms. The molecule has 18 heavy (non-hydrogen) atoms. The summed E-state index contributed by atoms with van der Waals surface area (Å²) in [6, 6.07) is 7.96. The lowest BCUT2D eigenvalue weighted by molar-refractivity contribution is 0.347. The van der Waals surface area contributed by atoms with Gasteiger partial charge in [-0.2, -0.15) is 0 Å². The van der Waals surface area contributed by atoms with Crippen molar-refractivity contribution in [3.8, 4) is 0 Å². The first-order valence-electron chi connectivity index (χ1n) is 7.16. The molecule has 1 unspecified atom stereocenters. The molecule has 0 aliphatic heterocycles. The minimum Gasteiger partial charge on any atom is -0.311 e. The van der Waals surface area contributed by atoms with Gasteiger partial charge < -0.3 is 5.32 Å². The third-order valence-corrected chi connectivity index (χ3v) is 4.14. The van der Waals surface area contributed by atoms with Gasteiger partial charge in [-0.25, -0.2) is 4.39 Å². The summed E-state index contributed by atoms with van der Waals surface area (Å²) >= 11 is 0. The molecule has 1 nitrogen and oxygen atoms in total. The van der Waals surface area contributed by atoms with Crippen LogP contribution < -0.4 is 5.32 Å². The van der Waals surface area contributed by atoms with Gasteiger partial charge in [0.1, 0.15) is 5.82 Å². The Hall–Kier alpha value is -0.890. The summed E-state index contributed by atoms with van der Waals surface area (Å²) in [5.41, 5.74) is 0.816. The highest BCUT2D eigenvalue weighted by molar-refractivity contribution is 5.18. The Kier molecular flexibility index (Phi) is 4.76. The number of benzene rings is 1. The van der Waals surface area contributed by atoms with Gasteiger partial charge in [-0.05, 0) is 50.7 Å². The molecule has 1 aliphatic rings. The van der Waals surface area contributed by atoms with Crippen molar-refractivity contribution in [2.45, 2.75) is 58.0 Å². The molecule has 2 heteroatoms. The largest absolute Gasteiger partial charge is 0.311 e. The maximum atomic E-state index is 13.6. The predicted octanol–water partition coefficient (Wildman–Crippen LogP) is 3.93. The van der Waals surface area contributed by atoms with Gasteiger partial charge in [0, 0.05) is 12.1 Å². The number of halogens is 1. The van der Waals surface area contributed by atoms with Gasteiger partial charge >= 0.3 is 0 Å². The zero-order valence-corrected chi connectivity index (χ0v) is 11.5. The minimum absolute atomic E-state index is 0.0836. The third kappa shape index (κ3) is 3.55. The van der Waals surface area contributed by atoms with E-state index >= 15 is 0 Å². The Bertz CT molecular complexity index is 371.